The van der Waals surface area contributed by atoms with Crippen molar-refractivity contribution < 1.29 is 5.11 Å². The van der Waals surface area contributed by atoms with E-state index >= 15 is 0 Å². The maximum absolute atomic E-state index is 9.76. The van der Waals surface area contributed by atoms with E-state index in [4.69, 9.17) is 0 Å². The average Bonchev–Trinajstić information content (AvgIpc) is 2.07. The summed E-state index contributed by atoms with van der Waals surface area (Å²) >= 11 is 1.93. The first kappa shape index (κ1) is 10.9. The fourth-order valence-electron chi connectivity index (χ4n) is 2.38. The topological polar surface area (TPSA) is 20.2 Å². The maximum Gasteiger partial charge on any atom is 0.118 e. The van der Waals surface area contributed by atoms with Crippen LogP contribution in [0.4, 0.5) is 0 Å². The second kappa shape index (κ2) is 3.44. The number of fused-ring (bicyclic) bond motifs is 1. The molecule has 1 aliphatic rings. The number of benzene rings is 1. The van der Waals surface area contributed by atoms with Crippen molar-refractivity contribution in [3.8, 4) is 5.75 Å². The van der Waals surface area contributed by atoms with Gasteiger partial charge in [-0.25, -0.2) is 0 Å². The Morgan fingerprint density at radius 2 is 2.07 bits per heavy atom. The molecule has 1 heterocycles. The van der Waals surface area contributed by atoms with E-state index in [0.29, 0.717) is 11.0 Å². The zero-order valence-corrected chi connectivity index (χ0v) is 10.6. The van der Waals surface area contributed by atoms with E-state index in [1.165, 1.54) is 16.9 Å². The molecule has 15 heavy (non-hydrogen) atoms. The molecule has 1 aromatic carbocycles. The van der Waals surface area contributed by atoms with Crippen molar-refractivity contribution >= 4 is 11.8 Å². The van der Waals surface area contributed by atoms with Crippen LogP contribution < -0.4 is 0 Å². The zero-order valence-electron chi connectivity index (χ0n) is 9.79. The highest BCUT2D eigenvalue weighted by Crippen LogP contribution is 2.46. The molecule has 1 unspecified atom stereocenters. The van der Waals surface area contributed by atoms with Crippen LogP contribution >= 0.6 is 11.8 Å². The number of phenolic OH excluding ortho intramolecular Hbond substituents is 1. The van der Waals surface area contributed by atoms with Crippen LogP contribution in [0, 0.1) is 6.92 Å². The summed E-state index contributed by atoms with van der Waals surface area (Å²) in [6.07, 6.45) is 1.17. The summed E-state index contributed by atoms with van der Waals surface area (Å²) in [5.41, 5.74) is 2.46. The zero-order chi connectivity index (χ0) is 11.2. The van der Waals surface area contributed by atoms with Crippen LogP contribution in [0.1, 0.15) is 38.3 Å². The van der Waals surface area contributed by atoms with Crippen LogP contribution in [0.25, 0.3) is 0 Å². The molecule has 0 bridgehead atoms. The highest BCUT2D eigenvalue weighted by molar-refractivity contribution is 8.00. The van der Waals surface area contributed by atoms with E-state index in [1.54, 1.807) is 0 Å². The minimum atomic E-state index is 0.186. The lowest BCUT2D eigenvalue weighted by atomic mass is 9.79. The van der Waals surface area contributed by atoms with E-state index in [-0.39, 0.29) is 5.41 Å². The van der Waals surface area contributed by atoms with E-state index in [2.05, 4.69) is 26.8 Å². The van der Waals surface area contributed by atoms with Crippen LogP contribution in [0.5, 0.6) is 5.75 Å². The van der Waals surface area contributed by atoms with Gasteiger partial charge in [0.2, 0.25) is 0 Å². The van der Waals surface area contributed by atoms with Gasteiger partial charge in [-0.05, 0) is 42.0 Å². The van der Waals surface area contributed by atoms with Crippen molar-refractivity contribution in [2.24, 2.45) is 0 Å². The van der Waals surface area contributed by atoms with E-state index in [9.17, 15) is 5.11 Å². The Morgan fingerprint density at radius 1 is 1.40 bits per heavy atom. The third-order valence-corrected chi connectivity index (χ3v) is 4.31. The molecule has 0 saturated heterocycles. The molecule has 0 saturated carbocycles. The van der Waals surface area contributed by atoms with Gasteiger partial charge in [-0.15, -0.1) is 11.8 Å². The lowest BCUT2D eigenvalue weighted by molar-refractivity contribution is 0.443. The molecular weight excluding hydrogens is 204 g/mol. The van der Waals surface area contributed by atoms with Crippen molar-refractivity contribution in [3.63, 3.8) is 0 Å². The van der Waals surface area contributed by atoms with E-state index in [0.717, 1.165) is 5.56 Å². The standard InChI is InChI=1S/C13H18OS/c1-8-5-12-10(6-11(8)14)13(3,4)7-9(2)15-12/h5-6,9,14H,7H2,1-4H3. The second-order valence-electron chi connectivity index (χ2n) is 5.15. The van der Waals surface area contributed by atoms with Gasteiger partial charge < -0.3 is 5.11 Å². The van der Waals surface area contributed by atoms with Gasteiger partial charge in [-0.1, -0.05) is 20.8 Å². The summed E-state index contributed by atoms with van der Waals surface area (Å²) in [6, 6.07) is 4.07. The fourth-order valence-corrected chi connectivity index (χ4v) is 4.02. The molecule has 0 aliphatic carbocycles. The van der Waals surface area contributed by atoms with Crippen molar-refractivity contribution in [3.05, 3.63) is 23.3 Å². The Morgan fingerprint density at radius 3 is 2.73 bits per heavy atom. The Labute approximate surface area is 95.9 Å². The molecule has 82 valence electrons. The van der Waals surface area contributed by atoms with Gasteiger partial charge in [-0.3, -0.25) is 0 Å². The molecule has 0 fully saturated rings. The van der Waals surface area contributed by atoms with Crippen molar-refractivity contribution in [1.82, 2.24) is 0 Å². The number of aromatic hydroxyl groups is 1. The quantitative estimate of drug-likeness (QED) is 0.719. The molecule has 2 rings (SSSR count). The Kier molecular flexibility index (Phi) is 2.50. The summed E-state index contributed by atoms with van der Waals surface area (Å²) in [5.74, 6) is 0.428. The van der Waals surface area contributed by atoms with Gasteiger partial charge >= 0.3 is 0 Å². The first-order valence-electron chi connectivity index (χ1n) is 5.41. The van der Waals surface area contributed by atoms with Crippen LogP contribution in [0.3, 0.4) is 0 Å². The molecule has 0 amide bonds. The SMILES string of the molecule is Cc1cc2c(cc1O)C(C)(C)CC(C)S2. The molecule has 0 radical (unpaired) electrons. The number of rotatable bonds is 0. The van der Waals surface area contributed by atoms with Gasteiger partial charge in [0.1, 0.15) is 5.75 Å². The fraction of sp³-hybridized carbons (Fsp3) is 0.538. The second-order valence-corrected chi connectivity index (χ2v) is 6.63. The predicted molar refractivity (Wildman–Crippen MR) is 65.8 cm³/mol. The lowest BCUT2D eigenvalue weighted by Crippen LogP contribution is -2.26. The summed E-state index contributed by atoms with van der Waals surface area (Å²) in [5, 5.41) is 10.4. The first-order chi connectivity index (χ1) is 6.90. The number of thioether (sulfide) groups is 1. The van der Waals surface area contributed by atoms with Gasteiger partial charge in [0.25, 0.3) is 0 Å². The summed E-state index contributed by atoms with van der Waals surface area (Å²) in [7, 11) is 0. The summed E-state index contributed by atoms with van der Waals surface area (Å²) < 4.78 is 0. The summed E-state index contributed by atoms with van der Waals surface area (Å²) in [6.45, 7) is 8.76. The third-order valence-electron chi connectivity index (χ3n) is 3.15. The highest BCUT2D eigenvalue weighted by atomic mass is 32.2. The smallest absolute Gasteiger partial charge is 0.118 e. The van der Waals surface area contributed by atoms with Crippen LogP contribution in [0.15, 0.2) is 17.0 Å². The Balaban J connectivity index is 2.58. The van der Waals surface area contributed by atoms with Crippen LogP contribution in [-0.2, 0) is 5.41 Å². The molecule has 2 heteroatoms. The van der Waals surface area contributed by atoms with Crippen molar-refractivity contribution in [1.29, 1.82) is 0 Å². The molecule has 1 nitrogen and oxygen atoms in total. The highest BCUT2D eigenvalue weighted by Gasteiger charge is 2.32. The molecule has 0 aromatic heterocycles. The molecular formula is C13H18OS. The summed E-state index contributed by atoms with van der Waals surface area (Å²) in [4.78, 5) is 1.34. The molecule has 1 aliphatic heterocycles. The Bertz CT molecular complexity index is 396. The van der Waals surface area contributed by atoms with Gasteiger partial charge in [-0.2, -0.15) is 0 Å². The molecule has 1 N–H and O–H groups in total. The average molecular weight is 222 g/mol. The number of aryl methyl sites for hydroxylation is 1. The van der Waals surface area contributed by atoms with Crippen molar-refractivity contribution in [2.45, 2.75) is 49.7 Å². The van der Waals surface area contributed by atoms with Gasteiger partial charge in [0, 0.05) is 10.1 Å². The van der Waals surface area contributed by atoms with Crippen molar-refractivity contribution in [2.75, 3.05) is 0 Å². The van der Waals surface area contributed by atoms with Crippen LogP contribution in [0.2, 0.25) is 0 Å². The number of hydrogen-bond donors (Lipinski definition) is 1. The minimum Gasteiger partial charge on any atom is -0.508 e. The van der Waals surface area contributed by atoms with Gasteiger partial charge in [0.15, 0.2) is 0 Å². The first-order valence-corrected chi connectivity index (χ1v) is 6.29. The molecule has 1 atom stereocenters. The maximum atomic E-state index is 9.76. The van der Waals surface area contributed by atoms with Crippen LogP contribution in [-0.4, -0.2) is 10.4 Å². The number of hydrogen-bond acceptors (Lipinski definition) is 2. The third kappa shape index (κ3) is 1.87. The predicted octanol–water partition coefficient (Wildman–Crippen LogP) is 3.86. The normalized spacial score (nSPS) is 23.6. The van der Waals surface area contributed by atoms with Gasteiger partial charge in [0.05, 0.1) is 0 Å². The van der Waals surface area contributed by atoms with E-state index in [1.807, 2.05) is 24.8 Å². The largest absolute Gasteiger partial charge is 0.508 e. The molecule has 1 aromatic rings. The monoisotopic (exact) mass is 222 g/mol. The number of phenols is 1. The Hall–Kier alpha value is -0.630. The minimum absolute atomic E-state index is 0.186. The molecule has 0 spiro atoms. The lowest BCUT2D eigenvalue weighted by Gasteiger charge is -2.36. The van der Waals surface area contributed by atoms with E-state index < -0.39 is 0 Å².